The minimum atomic E-state index is -1.05. The van der Waals surface area contributed by atoms with E-state index in [9.17, 15) is 15.0 Å². The Hall–Kier alpha value is -2.46. The average molecular weight is 319 g/mol. The summed E-state index contributed by atoms with van der Waals surface area (Å²) in [5, 5.41) is 19.3. The van der Waals surface area contributed by atoms with E-state index in [0.717, 1.165) is 0 Å². The molecular weight excluding hydrogens is 304 g/mol. The van der Waals surface area contributed by atoms with Crippen LogP contribution in [-0.4, -0.2) is 22.8 Å². The van der Waals surface area contributed by atoms with Crippen LogP contribution in [0.25, 0.3) is 11.6 Å². The maximum Gasteiger partial charge on any atom is 0.336 e. The summed E-state index contributed by atoms with van der Waals surface area (Å²) in [4.78, 5) is 11.5. The molecule has 2 N–H and O–H groups in total. The van der Waals surface area contributed by atoms with E-state index in [1.807, 2.05) is 6.07 Å². The van der Waals surface area contributed by atoms with Crippen molar-refractivity contribution < 1.29 is 19.7 Å². The van der Waals surface area contributed by atoms with Gasteiger partial charge >= 0.3 is 5.97 Å². The molecule has 0 saturated carbocycles. The lowest BCUT2D eigenvalue weighted by atomic mass is 10.0. The van der Waals surface area contributed by atoms with Crippen LogP contribution in [0, 0.1) is 0 Å². The summed E-state index contributed by atoms with van der Waals surface area (Å²) >= 11 is 5.96. The second kappa shape index (κ2) is 7.00. The highest BCUT2D eigenvalue weighted by Crippen LogP contribution is 2.36. The van der Waals surface area contributed by atoms with Gasteiger partial charge in [0.15, 0.2) is 11.5 Å². The number of phenolic OH excluding ortho intramolecular Hbond substituents is 1. The van der Waals surface area contributed by atoms with Gasteiger partial charge in [0, 0.05) is 0 Å². The molecule has 4 nitrogen and oxygen atoms in total. The van der Waals surface area contributed by atoms with Crippen molar-refractivity contribution in [1.29, 1.82) is 0 Å². The summed E-state index contributed by atoms with van der Waals surface area (Å²) < 4.78 is 5.29. The number of carboxylic acid groups (broad SMARTS) is 1. The van der Waals surface area contributed by atoms with Crippen LogP contribution < -0.4 is 4.74 Å². The average Bonchev–Trinajstić information content (AvgIpc) is 2.50. The predicted molar refractivity (Wildman–Crippen MR) is 86.2 cm³/mol. The van der Waals surface area contributed by atoms with Crippen LogP contribution >= 0.6 is 11.6 Å². The molecule has 0 amide bonds. The van der Waals surface area contributed by atoms with E-state index in [4.69, 9.17) is 16.3 Å². The number of aromatic hydroxyl groups is 1. The Morgan fingerprint density at radius 2 is 1.95 bits per heavy atom. The molecule has 0 radical (unpaired) electrons. The van der Waals surface area contributed by atoms with E-state index in [2.05, 4.69) is 0 Å². The van der Waals surface area contributed by atoms with Crippen LogP contribution in [-0.2, 0) is 4.79 Å². The highest BCUT2D eigenvalue weighted by Gasteiger charge is 2.13. The van der Waals surface area contributed by atoms with E-state index < -0.39 is 5.97 Å². The van der Waals surface area contributed by atoms with E-state index >= 15 is 0 Å². The van der Waals surface area contributed by atoms with Gasteiger partial charge in [-0.25, -0.2) is 4.79 Å². The maximum atomic E-state index is 11.5. The van der Waals surface area contributed by atoms with Crippen molar-refractivity contribution in [3.8, 4) is 11.5 Å². The van der Waals surface area contributed by atoms with Crippen molar-refractivity contribution in [2.24, 2.45) is 0 Å². The van der Waals surface area contributed by atoms with Gasteiger partial charge in [-0.1, -0.05) is 41.9 Å². The van der Waals surface area contributed by atoms with Gasteiger partial charge in [-0.2, -0.15) is 0 Å². The summed E-state index contributed by atoms with van der Waals surface area (Å²) in [5.74, 6) is -0.982. The third-order valence-corrected chi connectivity index (χ3v) is 3.26. The quantitative estimate of drug-likeness (QED) is 0.644. The van der Waals surface area contributed by atoms with Crippen LogP contribution in [0.4, 0.5) is 0 Å². The zero-order chi connectivity index (χ0) is 16.1. The topological polar surface area (TPSA) is 66.8 Å². The summed E-state index contributed by atoms with van der Waals surface area (Å²) in [5.41, 5.74) is 1.24. The Balaban J connectivity index is 2.51. The number of carbonyl (C=O) groups is 1. The minimum Gasteiger partial charge on any atom is -0.503 e. The molecule has 22 heavy (non-hydrogen) atoms. The zero-order valence-electron chi connectivity index (χ0n) is 11.9. The Morgan fingerprint density at radius 3 is 2.55 bits per heavy atom. The number of hydrogen-bond donors (Lipinski definition) is 2. The van der Waals surface area contributed by atoms with Crippen molar-refractivity contribution in [2.75, 3.05) is 6.61 Å². The van der Waals surface area contributed by atoms with Crippen molar-refractivity contribution in [3.05, 3.63) is 58.6 Å². The molecule has 0 saturated heterocycles. The van der Waals surface area contributed by atoms with Gasteiger partial charge in [-0.3, -0.25) is 0 Å². The Morgan fingerprint density at radius 1 is 1.27 bits per heavy atom. The molecule has 0 spiro atoms. The number of benzene rings is 2. The van der Waals surface area contributed by atoms with E-state index in [1.54, 1.807) is 37.3 Å². The summed E-state index contributed by atoms with van der Waals surface area (Å²) in [6.07, 6.45) is 1.49. The fourth-order valence-corrected chi connectivity index (χ4v) is 2.21. The summed E-state index contributed by atoms with van der Waals surface area (Å²) in [6.45, 7) is 2.14. The molecule has 0 aliphatic heterocycles. The number of halogens is 1. The third-order valence-electron chi connectivity index (χ3n) is 2.98. The molecule has 114 valence electrons. The number of aliphatic carboxylic acids is 1. The number of rotatable bonds is 5. The predicted octanol–water partition coefficient (Wildman–Crippen LogP) is 4.07. The van der Waals surface area contributed by atoms with Crippen LogP contribution in [0.15, 0.2) is 42.5 Å². The standard InChI is InChI=1S/C17H15ClO4/c1-2-22-15-10-11(9-14(18)16(15)19)8-13(17(20)21)12-6-4-3-5-7-12/h3-10,19H,2H2,1H3,(H,20,21)/b13-8-. The second-order valence-corrected chi connectivity index (χ2v) is 4.92. The molecule has 0 atom stereocenters. The lowest BCUT2D eigenvalue weighted by Gasteiger charge is -2.09. The minimum absolute atomic E-state index is 0.106. The van der Waals surface area contributed by atoms with Gasteiger partial charge in [0.1, 0.15) is 0 Å². The first-order valence-corrected chi connectivity index (χ1v) is 7.06. The van der Waals surface area contributed by atoms with Crippen LogP contribution in [0.1, 0.15) is 18.1 Å². The zero-order valence-corrected chi connectivity index (χ0v) is 12.7. The molecular formula is C17H15ClO4. The van der Waals surface area contributed by atoms with Gasteiger partial charge < -0.3 is 14.9 Å². The fourth-order valence-electron chi connectivity index (χ4n) is 2.00. The second-order valence-electron chi connectivity index (χ2n) is 4.51. The number of hydrogen-bond acceptors (Lipinski definition) is 3. The van der Waals surface area contributed by atoms with Crippen LogP contribution in [0.3, 0.4) is 0 Å². The lowest BCUT2D eigenvalue weighted by Crippen LogP contribution is -1.99. The van der Waals surface area contributed by atoms with Gasteiger partial charge in [-0.05, 0) is 36.3 Å². The fraction of sp³-hybridized carbons (Fsp3) is 0.118. The molecule has 0 unspecified atom stereocenters. The molecule has 2 aromatic carbocycles. The Labute approximate surface area is 133 Å². The first kappa shape index (κ1) is 15.9. The molecule has 5 heteroatoms. The normalized spacial score (nSPS) is 11.3. The molecule has 0 aromatic heterocycles. The summed E-state index contributed by atoms with van der Waals surface area (Å²) in [6, 6.07) is 11.8. The number of phenols is 1. The first-order valence-electron chi connectivity index (χ1n) is 6.68. The van der Waals surface area contributed by atoms with Gasteiger partial charge in [0.2, 0.25) is 0 Å². The van der Waals surface area contributed by atoms with Gasteiger partial charge in [0.25, 0.3) is 0 Å². The highest BCUT2D eigenvalue weighted by atomic mass is 35.5. The number of carboxylic acids is 1. The molecule has 2 aromatic rings. The molecule has 0 fully saturated rings. The van der Waals surface area contributed by atoms with E-state index in [0.29, 0.717) is 17.7 Å². The SMILES string of the molecule is CCOc1cc(/C=C(\C(=O)O)c2ccccc2)cc(Cl)c1O. The maximum absolute atomic E-state index is 11.5. The van der Waals surface area contributed by atoms with Crippen molar-refractivity contribution in [3.63, 3.8) is 0 Å². The Bertz CT molecular complexity index is 708. The van der Waals surface area contributed by atoms with E-state index in [-0.39, 0.29) is 22.1 Å². The van der Waals surface area contributed by atoms with Crippen molar-refractivity contribution in [1.82, 2.24) is 0 Å². The largest absolute Gasteiger partial charge is 0.503 e. The monoisotopic (exact) mass is 318 g/mol. The first-order chi connectivity index (χ1) is 10.5. The van der Waals surface area contributed by atoms with Crippen molar-refractivity contribution >= 4 is 29.2 Å². The smallest absolute Gasteiger partial charge is 0.336 e. The molecule has 0 aliphatic rings. The molecule has 0 bridgehead atoms. The molecule has 0 heterocycles. The van der Waals surface area contributed by atoms with Gasteiger partial charge in [0.05, 0.1) is 17.2 Å². The number of ether oxygens (including phenoxy) is 1. The highest BCUT2D eigenvalue weighted by molar-refractivity contribution is 6.32. The van der Waals surface area contributed by atoms with Crippen LogP contribution in [0.5, 0.6) is 11.5 Å². The van der Waals surface area contributed by atoms with Crippen molar-refractivity contribution in [2.45, 2.75) is 6.92 Å². The Kier molecular flexibility index (Phi) is 5.07. The van der Waals surface area contributed by atoms with Gasteiger partial charge in [-0.15, -0.1) is 0 Å². The molecule has 0 aliphatic carbocycles. The third kappa shape index (κ3) is 3.59. The van der Waals surface area contributed by atoms with E-state index in [1.165, 1.54) is 12.1 Å². The molecule has 2 rings (SSSR count). The van der Waals surface area contributed by atoms with Crippen LogP contribution in [0.2, 0.25) is 5.02 Å². The lowest BCUT2D eigenvalue weighted by molar-refractivity contribution is -0.130. The summed E-state index contributed by atoms with van der Waals surface area (Å²) in [7, 11) is 0.